The van der Waals surface area contributed by atoms with Crippen LogP contribution in [0.25, 0.3) is 11.3 Å². The van der Waals surface area contributed by atoms with Crippen LogP contribution in [0.2, 0.25) is 0 Å². The summed E-state index contributed by atoms with van der Waals surface area (Å²) in [6, 6.07) is 5.96. The quantitative estimate of drug-likeness (QED) is 0.733. The molecule has 0 bridgehead atoms. The minimum Gasteiger partial charge on any atom is -0.493 e. The summed E-state index contributed by atoms with van der Waals surface area (Å²) in [7, 11) is 3.58. The van der Waals surface area contributed by atoms with E-state index in [-0.39, 0.29) is 0 Å². The van der Waals surface area contributed by atoms with Crippen LogP contribution in [0.3, 0.4) is 0 Å². The molecule has 2 N–H and O–H groups in total. The smallest absolute Gasteiger partial charge is 0.161 e. The van der Waals surface area contributed by atoms with Gasteiger partial charge < -0.3 is 14.8 Å². The molecule has 0 aliphatic heterocycles. The number of ether oxygens (including phenoxy) is 2. The first kappa shape index (κ1) is 15.4. The Morgan fingerprint density at radius 1 is 1.29 bits per heavy atom. The Morgan fingerprint density at radius 2 is 2.14 bits per heavy atom. The third-order valence-corrected chi connectivity index (χ3v) is 3.29. The van der Waals surface area contributed by atoms with Crippen LogP contribution in [-0.4, -0.2) is 31.0 Å². The Labute approximate surface area is 125 Å². The van der Waals surface area contributed by atoms with Crippen LogP contribution in [-0.2, 0) is 6.54 Å². The Bertz CT molecular complexity index is 566. The normalized spacial score (nSPS) is 10.6. The van der Waals surface area contributed by atoms with Gasteiger partial charge in [-0.1, -0.05) is 13.3 Å². The van der Waals surface area contributed by atoms with E-state index in [0.29, 0.717) is 6.61 Å². The fourth-order valence-electron chi connectivity index (χ4n) is 2.15. The van der Waals surface area contributed by atoms with Crippen LogP contribution in [0.5, 0.6) is 11.5 Å². The molecule has 0 saturated heterocycles. The molecule has 0 unspecified atom stereocenters. The van der Waals surface area contributed by atoms with Crippen LogP contribution < -0.4 is 14.8 Å². The Morgan fingerprint density at radius 3 is 2.86 bits per heavy atom. The van der Waals surface area contributed by atoms with Gasteiger partial charge in [-0.3, -0.25) is 5.10 Å². The van der Waals surface area contributed by atoms with Crippen molar-refractivity contribution in [2.24, 2.45) is 0 Å². The molecule has 1 aromatic heterocycles. The molecule has 2 rings (SSSR count). The Kier molecular flexibility index (Phi) is 5.63. The third kappa shape index (κ3) is 3.76. The van der Waals surface area contributed by atoms with Gasteiger partial charge in [0.25, 0.3) is 0 Å². The maximum atomic E-state index is 5.76. The fourth-order valence-corrected chi connectivity index (χ4v) is 2.15. The largest absolute Gasteiger partial charge is 0.493 e. The summed E-state index contributed by atoms with van der Waals surface area (Å²) in [6.45, 7) is 3.62. The zero-order valence-electron chi connectivity index (χ0n) is 12.9. The van der Waals surface area contributed by atoms with Crippen LogP contribution >= 0.6 is 0 Å². The van der Waals surface area contributed by atoms with E-state index >= 15 is 0 Å². The number of H-pyrrole nitrogens is 1. The maximum absolute atomic E-state index is 5.76. The fraction of sp³-hybridized carbons (Fsp3) is 0.438. The van der Waals surface area contributed by atoms with Crippen molar-refractivity contribution in [3.8, 4) is 22.8 Å². The van der Waals surface area contributed by atoms with E-state index in [2.05, 4.69) is 22.4 Å². The summed E-state index contributed by atoms with van der Waals surface area (Å²) in [5.74, 6) is 1.53. The molecule has 0 saturated carbocycles. The molecular weight excluding hydrogens is 266 g/mol. The number of hydrogen-bond acceptors (Lipinski definition) is 4. The highest BCUT2D eigenvalue weighted by Gasteiger charge is 2.11. The summed E-state index contributed by atoms with van der Waals surface area (Å²) in [4.78, 5) is 0. The van der Waals surface area contributed by atoms with Crippen molar-refractivity contribution in [1.82, 2.24) is 15.5 Å². The second kappa shape index (κ2) is 7.69. The van der Waals surface area contributed by atoms with E-state index in [1.165, 1.54) is 0 Å². The molecule has 0 atom stereocenters. The van der Waals surface area contributed by atoms with E-state index < -0.39 is 0 Å². The first-order valence-corrected chi connectivity index (χ1v) is 7.28. The third-order valence-electron chi connectivity index (χ3n) is 3.29. The molecule has 5 nitrogen and oxygen atoms in total. The van der Waals surface area contributed by atoms with Crippen molar-refractivity contribution in [3.05, 3.63) is 30.0 Å². The van der Waals surface area contributed by atoms with Crippen LogP contribution in [0.4, 0.5) is 0 Å². The predicted molar refractivity (Wildman–Crippen MR) is 83.7 cm³/mol. The molecule has 1 heterocycles. The molecule has 1 aromatic carbocycles. The highest BCUT2D eigenvalue weighted by Crippen LogP contribution is 2.33. The molecule has 0 amide bonds. The van der Waals surface area contributed by atoms with Gasteiger partial charge in [0.05, 0.1) is 25.6 Å². The molecule has 114 valence electrons. The van der Waals surface area contributed by atoms with Crippen molar-refractivity contribution in [2.45, 2.75) is 26.3 Å². The molecule has 21 heavy (non-hydrogen) atoms. The lowest BCUT2D eigenvalue weighted by Crippen LogP contribution is -2.05. The summed E-state index contributed by atoms with van der Waals surface area (Å²) in [6.07, 6.45) is 3.99. The van der Waals surface area contributed by atoms with Gasteiger partial charge >= 0.3 is 0 Å². The first-order valence-electron chi connectivity index (χ1n) is 7.28. The number of aromatic amines is 1. The summed E-state index contributed by atoms with van der Waals surface area (Å²) < 4.78 is 11.2. The average molecular weight is 289 g/mol. The summed E-state index contributed by atoms with van der Waals surface area (Å²) in [5.41, 5.74) is 3.17. The van der Waals surface area contributed by atoms with Gasteiger partial charge in [-0.05, 0) is 31.7 Å². The lowest BCUT2D eigenvalue weighted by molar-refractivity contribution is 0.288. The van der Waals surface area contributed by atoms with Gasteiger partial charge in [0, 0.05) is 17.7 Å². The number of nitrogens with one attached hydrogen (secondary N) is 2. The first-order chi connectivity index (χ1) is 10.3. The van der Waals surface area contributed by atoms with Gasteiger partial charge in [-0.2, -0.15) is 5.10 Å². The molecular formula is C16H23N3O2. The van der Waals surface area contributed by atoms with Crippen molar-refractivity contribution in [3.63, 3.8) is 0 Å². The molecule has 2 aromatic rings. The van der Waals surface area contributed by atoms with Crippen molar-refractivity contribution < 1.29 is 9.47 Å². The lowest BCUT2D eigenvalue weighted by Gasteiger charge is -2.12. The highest BCUT2D eigenvalue weighted by molar-refractivity contribution is 5.66. The van der Waals surface area contributed by atoms with Crippen molar-refractivity contribution in [2.75, 3.05) is 20.8 Å². The minimum absolute atomic E-state index is 0.710. The zero-order chi connectivity index (χ0) is 15.1. The van der Waals surface area contributed by atoms with Gasteiger partial charge in [0.1, 0.15) is 0 Å². The number of nitrogens with zero attached hydrogens (tertiary/aromatic N) is 1. The molecule has 5 heteroatoms. The zero-order valence-corrected chi connectivity index (χ0v) is 12.9. The van der Waals surface area contributed by atoms with Crippen molar-refractivity contribution in [1.29, 1.82) is 0 Å². The molecule has 0 fully saturated rings. The van der Waals surface area contributed by atoms with E-state index in [0.717, 1.165) is 47.7 Å². The topological polar surface area (TPSA) is 59.2 Å². The van der Waals surface area contributed by atoms with Crippen LogP contribution in [0, 0.1) is 0 Å². The number of unbranched alkanes of at least 4 members (excludes halogenated alkanes) is 1. The monoisotopic (exact) mass is 289 g/mol. The van der Waals surface area contributed by atoms with Crippen LogP contribution in [0.15, 0.2) is 24.4 Å². The molecule has 0 aliphatic carbocycles. The molecule has 0 spiro atoms. The second-order valence-electron chi connectivity index (χ2n) is 4.87. The van der Waals surface area contributed by atoms with Crippen LogP contribution in [0.1, 0.15) is 25.3 Å². The van der Waals surface area contributed by atoms with Gasteiger partial charge in [0.2, 0.25) is 0 Å². The number of hydrogen-bond donors (Lipinski definition) is 2. The Hall–Kier alpha value is -2.01. The van der Waals surface area contributed by atoms with Gasteiger partial charge in [-0.15, -0.1) is 0 Å². The maximum Gasteiger partial charge on any atom is 0.161 e. The number of methoxy groups -OCH3 is 1. The summed E-state index contributed by atoms with van der Waals surface area (Å²) >= 11 is 0. The number of rotatable bonds is 8. The van der Waals surface area contributed by atoms with E-state index in [9.17, 15) is 0 Å². The SMILES string of the molecule is CCCCOc1ccc(-c2[nH]ncc2CNC)cc1OC. The second-order valence-corrected chi connectivity index (χ2v) is 4.87. The number of aromatic nitrogens is 2. The molecule has 0 radical (unpaired) electrons. The van der Waals surface area contributed by atoms with Gasteiger partial charge in [-0.25, -0.2) is 0 Å². The number of benzene rings is 1. The summed E-state index contributed by atoms with van der Waals surface area (Å²) in [5, 5.41) is 10.3. The Balaban J connectivity index is 2.23. The van der Waals surface area contributed by atoms with E-state index in [1.54, 1.807) is 7.11 Å². The van der Waals surface area contributed by atoms with Crippen molar-refractivity contribution >= 4 is 0 Å². The van der Waals surface area contributed by atoms with Gasteiger partial charge in [0.15, 0.2) is 11.5 Å². The highest BCUT2D eigenvalue weighted by atomic mass is 16.5. The standard InChI is InChI=1S/C16H23N3O2/c1-4-5-8-21-14-7-6-12(9-15(14)20-3)16-13(10-17-2)11-18-19-16/h6-7,9,11,17H,4-5,8,10H2,1-3H3,(H,18,19). The molecule has 0 aliphatic rings. The lowest BCUT2D eigenvalue weighted by atomic mass is 10.1. The average Bonchev–Trinajstić information content (AvgIpc) is 2.96. The minimum atomic E-state index is 0.710. The predicted octanol–water partition coefficient (Wildman–Crippen LogP) is 2.98. The van der Waals surface area contributed by atoms with E-state index in [1.807, 2.05) is 31.4 Å². The van der Waals surface area contributed by atoms with E-state index in [4.69, 9.17) is 9.47 Å².